The largest absolute Gasteiger partial charge is 0.336 e. The summed E-state index contributed by atoms with van der Waals surface area (Å²) >= 11 is 0. The number of hydrogen-bond donors (Lipinski definition) is 1. The maximum Gasteiger partial charge on any atom is 0.236 e. The molecule has 1 heterocycles. The van der Waals surface area contributed by atoms with Crippen molar-refractivity contribution < 1.29 is 4.79 Å². The summed E-state index contributed by atoms with van der Waals surface area (Å²) in [5.41, 5.74) is 6.43. The zero-order chi connectivity index (χ0) is 12.7. The molecule has 5 heteroatoms. The molecule has 1 rings (SSSR count). The first kappa shape index (κ1) is 13.6. The quantitative estimate of drug-likeness (QED) is 0.751. The third-order valence-electron chi connectivity index (χ3n) is 2.44. The fraction of sp³-hybridized carbons (Fsp3) is 0.500. The standard InChI is InChI=1S/C12H20N4O/c1-15(2)6-7-16(12(17)8-13)10-11-4-3-5-14-9-11/h3-5,9H,6-8,10,13H2,1-2H3. The number of carbonyl (C=O) groups is 1. The molecule has 94 valence electrons. The van der Waals surface area contributed by atoms with Crippen molar-refractivity contribution in [3.05, 3.63) is 30.1 Å². The second-order valence-electron chi connectivity index (χ2n) is 4.18. The fourth-order valence-corrected chi connectivity index (χ4v) is 1.45. The topological polar surface area (TPSA) is 62.5 Å². The van der Waals surface area contributed by atoms with Gasteiger partial charge in [-0.05, 0) is 25.7 Å². The maximum absolute atomic E-state index is 11.7. The summed E-state index contributed by atoms with van der Waals surface area (Å²) in [7, 11) is 3.96. The Kier molecular flexibility index (Phi) is 5.59. The van der Waals surface area contributed by atoms with E-state index < -0.39 is 0 Å². The molecule has 0 atom stereocenters. The Morgan fingerprint density at radius 2 is 2.18 bits per heavy atom. The maximum atomic E-state index is 11.7. The van der Waals surface area contributed by atoms with Crippen LogP contribution in [0.5, 0.6) is 0 Å². The van der Waals surface area contributed by atoms with E-state index in [2.05, 4.69) is 4.98 Å². The van der Waals surface area contributed by atoms with Crippen molar-refractivity contribution >= 4 is 5.91 Å². The normalized spacial score (nSPS) is 10.6. The molecular formula is C12H20N4O. The van der Waals surface area contributed by atoms with Gasteiger partial charge in [0.15, 0.2) is 0 Å². The summed E-state index contributed by atoms with van der Waals surface area (Å²) in [6.07, 6.45) is 3.49. The Labute approximate surface area is 102 Å². The van der Waals surface area contributed by atoms with Crippen molar-refractivity contribution in [2.24, 2.45) is 5.73 Å². The van der Waals surface area contributed by atoms with Gasteiger partial charge in [-0.1, -0.05) is 6.07 Å². The van der Waals surface area contributed by atoms with Crippen molar-refractivity contribution in [3.8, 4) is 0 Å². The number of nitrogens with two attached hydrogens (primary N) is 1. The molecule has 0 aliphatic heterocycles. The SMILES string of the molecule is CN(C)CCN(Cc1cccnc1)C(=O)CN. The minimum atomic E-state index is -0.0318. The number of likely N-dealkylation sites (N-methyl/N-ethyl adjacent to an activating group) is 1. The van der Waals surface area contributed by atoms with E-state index in [1.807, 2.05) is 31.1 Å². The molecule has 2 N–H and O–H groups in total. The molecule has 0 bridgehead atoms. The fourth-order valence-electron chi connectivity index (χ4n) is 1.45. The summed E-state index contributed by atoms with van der Waals surface area (Å²) in [6, 6.07) is 3.83. The highest BCUT2D eigenvalue weighted by Gasteiger charge is 2.12. The van der Waals surface area contributed by atoms with Crippen LogP contribution in [-0.2, 0) is 11.3 Å². The smallest absolute Gasteiger partial charge is 0.236 e. The number of carbonyl (C=O) groups excluding carboxylic acids is 1. The Bertz CT molecular complexity index is 340. The van der Waals surface area contributed by atoms with Crippen molar-refractivity contribution in [1.82, 2.24) is 14.8 Å². The molecule has 0 saturated heterocycles. The third kappa shape index (κ3) is 4.93. The number of amides is 1. The Hall–Kier alpha value is -1.46. The van der Waals surface area contributed by atoms with Gasteiger partial charge in [-0.25, -0.2) is 0 Å². The molecule has 0 spiro atoms. The van der Waals surface area contributed by atoms with Crippen LogP contribution >= 0.6 is 0 Å². The van der Waals surface area contributed by atoms with Crippen LogP contribution in [0.3, 0.4) is 0 Å². The average molecular weight is 236 g/mol. The summed E-state index contributed by atoms with van der Waals surface area (Å²) in [5.74, 6) is -0.0318. The zero-order valence-corrected chi connectivity index (χ0v) is 10.5. The highest BCUT2D eigenvalue weighted by molar-refractivity contribution is 5.78. The van der Waals surface area contributed by atoms with E-state index in [0.717, 1.165) is 12.1 Å². The van der Waals surface area contributed by atoms with E-state index in [4.69, 9.17) is 5.73 Å². The molecule has 0 saturated carbocycles. The minimum Gasteiger partial charge on any atom is -0.336 e. The zero-order valence-electron chi connectivity index (χ0n) is 10.5. The molecule has 0 aliphatic rings. The van der Waals surface area contributed by atoms with E-state index in [-0.39, 0.29) is 12.5 Å². The van der Waals surface area contributed by atoms with Gasteiger partial charge in [-0.15, -0.1) is 0 Å². The number of nitrogens with zero attached hydrogens (tertiary/aromatic N) is 3. The van der Waals surface area contributed by atoms with E-state index in [0.29, 0.717) is 13.1 Å². The number of pyridine rings is 1. The van der Waals surface area contributed by atoms with Crippen molar-refractivity contribution in [2.75, 3.05) is 33.7 Å². The summed E-state index contributed by atoms with van der Waals surface area (Å²) in [4.78, 5) is 19.5. The van der Waals surface area contributed by atoms with Crippen LogP contribution in [0.15, 0.2) is 24.5 Å². The molecule has 17 heavy (non-hydrogen) atoms. The van der Waals surface area contributed by atoms with E-state index in [1.54, 1.807) is 17.3 Å². The predicted molar refractivity (Wildman–Crippen MR) is 67.3 cm³/mol. The van der Waals surface area contributed by atoms with Crippen LogP contribution in [-0.4, -0.2) is 54.4 Å². The molecule has 1 aromatic rings. The van der Waals surface area contributed by atoms with Crippen molar-refractivity contribution in [3.63, 3.8) is 0 Å². The first-order chi connectivity index (χ1) is 8.13. The summed E-state index contributed by atoms with van der Waals surface area (Å²) in [5, 5.41) is 0. The van der Waals surface area contributed by atoms with Gasteiger partial charge in [-0.3, -0.25) is 9.78 Å². The monoisotopic (exact) mass is 236 g/mol. The van der Waals surface area contributed by atoms with Crippen LogP contribution in [0.25, 0.3) is 0 Å². The van der Waals surface area contributed by atoms with Gasteiger partial charge in [0.1, 0.15) is 0 Å². The molecule has 0 unspecified atom stereocenters. The Morgan fingerprint density at radius 3 is 2.71 bits per heavy atom. The average Bonchev–Trinajstić information content (AvgIpc) is 2.34. The van der Waals surface area contributed by atoms with Crippen LogP contribution in [0.1, 0.15) is 5.56 Å². The Balaban J connectivity index is 2.60. The highest BCUT2D eigenvalue weighted by Crippen LogP contribution is 2.03. The highest BCUT2D eigenvalue weighted by atomic mass is 16.2. The molecular weight excluding hydrogens is 216 g/mol. The van der Waals surface area contributed by atoms with Gasteiger partial charge in [0.2, 0.25) is 5.91 Å². The lowest BCUT2D eigenvalue weighted by atomic mass is 10.2. The molecule has 0 aromatic carbocycles. The number of hydrogen-bond acceptors (Lipinski definition) is 4. The predicted octanol–water partition coefficient (Wildman–Crippen LogP) is -0.0695. The van der Waals surface area contributed by atoms with Crippen LogP contribution in [0.4, 0.5) is 0 Å². The van der Waals surface area contributed by atoms with Gasteiger partial charge in [0, 0.05) is 32.0 Å². The van der Waals surface area contributed by atoms with Gasteiger partial charge in [0.25, 0.3) is 0 Å². The minimum absolute atomic E-state index is 0.0318. The van der Waals surface area contributed by atoms with E-state index in [9.17, 15) is 4.79 Å². The van der Waals surface area contributed by atoms with E-state index in [1.165, 1.54) is 0 Å². The lowest BCUT2D eigenvalue weighted by molar-refractivity contribution is -0.130. The molecule has 5 nitrogen and oxygen atoms in total. The van der Waals surface area contributed by atoms with Gasteiger partial charge < -0.3 is 15.5 Å². The first-order valence-corrected chi connectivity index (χ1v) is 5.65. The number of aromatic nitrogens is 1. The summed E-state index contributed by atoms with van der Waals surface area (Å²) in [6.45, 7) is 2.12. The molecule has 1 amide bonds. The van der Waals surface area contributed by atoms with Crippen LogP contribution < -0.4 is 5.73 Å². The Morgan fingerprint density at radius 1 is 1.41 bits per heavy atom. The number of rotatable bonds is 6. The second-order valence-corrected chi connectivity index (χ2v) is 4.18. The molecule has 0 fully saturated rings. The molecule has 0 radical (unpaired) electrons. The lowest BCUT2D eigenvalue weighted by Gasteiger charge is -2.23. The first-order valence-electron chi connectivity index (χ1n) is 5.65. The molecule has 1 aromatic heterocycles. The van der Waals surface area contributed by atoms with Crippen molar-refractivity contribution in [1.29, 1.82) is 0 Å². The third-order valence-corrected chi connectivity index (χ3v) is 2.44. The van der Waals surface area contributed by atoms with Crippen molar-refractivity contribution in [2.45, 2.75) is 6.54 Å². The van der Waals surface area contributed by atoms with Crippen LogP contribution in [0.2, 0.25) is 0 Å². The second kappa shape index (κ2) is 6.98. The van der Waals surface area contributed by atoms with E-state index >= 15 is 0 Å². The van der Waals surface area contributed by atoms with Gasteiger partial charge in [0.05, 0.1) is 6.54 Å². The van der Waals surface area contributed by atoms with Gasteiger partial charge >= 0.3 is 0 Å². The van der Waals surface area contributed by atoms with Gasteiger partial charge in [-0.2, -0.15) is 0 Å². The summed E-state index contributed by atoms with van der Waals surface area (Å²) < 4.78 is 0. The molecule has 0 aliphatic carbocycles. The van der Waals surface area contributed by atoms with Crippen LogP contribution in [0, 0.1) is 0 Å². The lowest BCUT2D eigenvalue weighted by Crippen LogP contribution is -2.39.